The number of amides is 1. The number of hydrogen-bond acceptors (Lipinski definition) is 5. The average molecular weight is 472 g/mol. The highest BCUT2D eigenvalue weighted by atomic mass is 16.5. The van der Waals surface area contributed by atoms with Crippen molar-refractivity contribution < 1.29 is 14.6 Å². The maximum Gasteiger partial charge on any atom is 0.407 e. The number of carbonyl (C=O) groups is 1. The highest BCUT2D eigenvalue weighted by molar-refractivity contribution is 6.00. The van der Waals surface area contributed by atoms with Gasteiger partial charge in [-0.1, -0.05) is 51.1 Å². The van der Waals surface area contributed by atoms with E-state index in [1.165, 1.54) is 6.33 Å². The number of fused-ring (bicyclic) bond motifs is 1. The minimum absolute atomic E-state index is 0.0719. The molecule has 8 nitrogen and oxygen atoms in total. The van der Waals surface area contributed by atoms with Gasteiger partial charge in [-0.25, -0.2) is 14.8 Å². The average Bonchev–Trinajstić information content (AvgIpc) is 3.43. The molecule has 3 N–H and O–H groups in total. The topological polar surface area (TPSA) is 107 Å². The van der Waals surface area contributed by atoms with E-state index in [9.17, 15) is 9.90 Å². The summed E-state index contributed by atoms with van der Waals surface area (Å²) in [5.74, 6) is 1.90. The van der Waals surface area contributed by atoms with Crippen molar-refractivity contribution in [2.75, 3.05) is 12.3 Å². The molecule has 5 rings (SSSR count). The first-order chi connectivity index (χ1) is 16.7. The van der Waals surface area contributed by atoms with Crippen LogP contribution in [0.25, 0.3) is 22.2 Å². The third-order valence-electron chi connectivity index (χ3n) is 6.64. The van der Waals surface area contributed by atoms with Gasteiger partial charge in [0.05, 0.1) is 17.5 Å². The second-order valence-corrected chi connectivity index (χ2v) is 9.99. The lowest BCUT2D eigenvalue weighted by molar-refractivity contribution is 0.0932. The monoisotopic (exact) mass is 471 g/mol. The number of anilines is 1. The van der Waals surface area contributed by atoms with Gasteiger partial charge in [0.2, 0.25) is 0 Å². The van der Waals surface area contributed by atoms with Crippen LogP contribution in [0.1, 0.15) is 33.2 Å². The smallest absolute Gasteiger partial charge is 0.407 e. The highest BCUT2D eigenvalue weighted by Gasteiger charge is 2.45. The van der Waals surface area contributed by atoms with E-state index in [1.807, 2.05) is 60.8 Å². The zero-order valence-corrected chi connectivity index (χ0v) is 20.0. The molecule has 2 aromatic carbocycles. The lowest BCUT2D eigenvalue weighted by Gasteiger charge is -2.37. The van der Waals surface area contributed by atoms with Crippen LogP contribution in [-0.2, 0) is 0 Å². The Bertz CT molecular complexity index is 1360. The van der Waals surface area contributed by atoms with Gasteiger partial charge < -0.3 is 25.0 Å². The number of hydrogen-bond donors (Lipinski definition) is 2. The molecule has 1 saturated heterocycles. The first-order valence-electron chi connectivity index (χ1n) is 11.7. The van der Waals surface area contributed by atoms with Crippen molar-refractivity contribution >= 4 is 22.9 Å². The van der Waals surface area contributed by atoms with Crippen molar-refractivity contribution in [2.45, 2.75) is 39.3 Å². The van der Waals surface area contributed by atoms with Crippen LogP contribution in [0, 0.1) is 5.41 Å². The van der Waals surface area contributed by atoms with E-state index >= 15 is 0 Å². The molecule has 0 bridgehead atoms. The molecule has 0 spiro atoms. The maximum atomic E-state index is 12.0. The number of para-hydroxylation sites is 1. The SMILES string of the molecule is CC(C)(C)[C@@H]1C(n2cc(-c3ccc(Oc4ccccc4)cc3)c3c(N)ncnc32)CCN1C(=O)O. The zero-order chi connectivity index (χ0) is 24.7. The Balaban J connectivity index is 1.57. The van der Waals surface area contributed by atoms with Crippen LogP contribution >= 0.6 is 0 Å². The standard InChI is InChI=1S/C27H29N5O3/c1-27(2,3)23-21(13-14-31(23)26(33)34)32-15-20(22-24(28)29-16-30-25(22)32)17-9-11-19(12-10-17)35-18-7-5-4-6-8-18/h4-12,15-16,21,23H,13-14H2,1-3H3,(H,33,34)(H2,28,29,30)/t21?,23-/m0/s1. The molecule has 1 aliphatic heterocycles. The summed E-state index contributed by atoms with van der Waals surface area (Å²) in [5, 5.41) is 10.6. The summed E-state index contributed by atoms with van der Waals surface area (Å²) in [5.41, 5.74) is 8.66. The molecule has 1 amide bonds. The fourth-order valence-corrected chi connectivity index (χ4v) is 5.23. The number of nitrogen functional groups attached to an aromatic ring is 1. The second-order valence-electron chi connectivity index (χ2n) is 9.99. The number of aromatic nitrogens is 3. The normalized spacial score (nSPS) is 18.2. The number of carboxylic acid groups (broad SMARTS) is 1. The van der Waals surface area contributed by atoms with Crippen LogP contribution in [0.2, 0.25) is 0 Å². The van der Waals surface area contributed by atoms with E-state index in [2.05, 4.69) is 35.3 Å². The molecule has 180 valence electrons. The first kappa shape index (κ1) is 22.7. The van der Waals surface area contributed by atoms with Crippen LogP contribution < -0.4 is 10.5 Å². The number of ether oxygens (including phenoxy) is 1. The lowest BCUT2D eigenvalue weighted by atomic mass is 9.82. The highest BCUT2D eigenvalue weighted by Crippen LogP contribution is 2.43. The van der Waals surface area contributed by atoms with Crippen molar-refractivity contribution in [2.24, 2.45) is 5.41 Å². The number of nitrogens with two attached hydrogens (primary N) is 1. The van der Waals surface area contributed by atoms with E-state index in [0.29, 0.717) is 24.4 Å². The summed E-state index contributed by atoms with van der Waals surface area (Å²) in [6.45, 7) is 6.71. The molecule has 0 aliphatic carbocycles. The zero-order valence-electron chi connectivity index (χ0n) is 20.0. The van der Waals surface area contributed by atoms with Gasteiger partial charge in [0.15, 0.2) is 0 Å². The van der Waals surface area contributed by atoms with Crippen LogP contribution in [0.4, 0.5) is 10.6 Å². The van der Waals surface area contributed by atoms with Gasteiger partial charge in [-0.05, 0) is 41.7 Å². The van der Waals surface area contributed by atoms with Crippen molar-refractivity contribution in [3.8, 4) is 22.6 Å². The van der Waals surface area contributed by atoms with Crippen LogP contribution in [0.3, 0.4) is 0 Å². The molecule has 3 heterocycles. The van der Waals surface area contributed by atoms with Crippen molar-refractivity contribution in [3.05, 3.63) is 67.1 Å². The molecule has 2 atom stereocenters. The molecule has 1 fully saturated rings. The Morgan fingerprint density at radius 1 is 1.06 bits per heavy atom. The number of likely N-dealkylation sites (tertiary alicyclic amines) is 1. The third-order valence-corrected chi connectivity index (χ3v) is 6.64. The van der Waals surface area contributed by atoms with Gasteiger partial charge in [-0.2, -0.15) is 0 Å². The Morgan fingerprint density at radius 2 is 1.74 bits per heavy atom. The summed E-state index contributed by atoms with van der Waals surface area (Å²) >= 11 is 0. The molecule has 2 aromatic heterocycles. The Morgan fingerprint density at radius 3 is 2.40 bits per heavy atom. The molecule has 0 radical (unpaired) electrons. The van der Waals surface area contributed by atoms with Gasteiger partial charge in [0.1, 0.15) is 29.3 Å². The predicted molar refractivity (Wildman–Crippen MR) is 136 cm³/mol. The molecule has 0 saturated carbocycles. The third kappa shape index (κ3) is 4.16. The molecule has 4 aromatic rings. The van der Waals surface area contributed by atoms with Crippen molar-refractivity contribution in [1.29, 1.82) is 0 Å². The van der Waals surface area contributed by atoms with Crippen LogP contribution in [0.15, 0.2) is 67.1 Å². The molecule has 1 aliphatic rings. The van der Waals surface area contributed by atoms with E-state index < -0.39 is 6.09 Å². The summed E-state index contributed by atoms with van der Waals surface area (Å²) in [7, 11) is 0. The van der Waals surface area contributed by atoms with Crippen LogP contribution in [0.5, 0.6) is 11.5 Å². The van der Waals surface area contributed by atoms with Gasteiger partial charge in [0.25, 0.3) is 0 Å². The quantitative estimate of drug-likeness (QED) is 0.389. The minimum Gasteiger partial charge on any atom is -0.465 e. The van der Waals surface area contributed by atoms with Crippen molar-refractivity contribution in [3.63, 3.8) is 0 Å². The van der Waals surface area contributed by atoms with E-state index in [-0.39, 0.29) is 17.5 Å². The molecular formula is C27H29N5O3. The summed E-state index contributed by atoms with van der Waals surface area (Å²) in [6, 6.07) is 17.2. The summed E-state index contributed by atoms with van der Waals surface area (Å²) in [4.78, 5) is 22.4. The molecule has 35 heavy (non-hydrogen) atoms. The number of nitrogens with zero attached hydrogens (tertiary/aromatic N) is 4. The van der Waals surface area contributed by atoms with E-state index in [4.69, 9.17) is 10.5 Å². The van der Waals surface area contributed by atoms with Gasteiger partial charge in [0, 0.05) is 18.3 Å². The van der Waals surface area contributed by atoms with E-state index in [1.54, 1.807) is 4.90 Å². The Kier molecular flexibility index (Phi) is 5.59. The van der Waals surface area contributed by atoms with Gasteiger partial charge in [-0.3, -0.25) is 0 Å². The largest absolute Gasteiger partial charge is 0.465 e. The minimum atomic E-state index is -0.896. The van der Waals surface area contributed by atoms with E-state index in [0.717, 1.165) is 28.0 Å². The predicted octanol–water partition coefficient (Wildman–Crippen LogP) is 5.81. The Hall–Kier alpha value is -4.07. The van der Waals surface area contributed by atoms with Crippen molar-refractivity contribution in [1.82, 2.24) is 19.4 Å². The first-order valence-corrected chi connectivity index (χ1v) is 11.7. The summed E-state index contributed by atoms with van der Waals surface area (Å²) < 4.78 is 8.03. The number of benzene rings is 2. The molecule has 1 unspecified atom stereocenters. The van der Waals surface area contributed by atoms with Gasteiger partial charge in [-0.15, -0.1) is 0 Å². The molecular weight excluding hydrogens is 442 g/mol. The second kappa shape index (κ2) is 8.61. The fourth-order valence-electron chi connectivity index (χ4n) is 5.23. The maximum absolute atomic E-state index is 12.0. The fraction of sp³-hybridized carbons (Fsp3) is 0.296. The van der Waals surface area contributed by atoms with Gasteiger partial charge >= 0.3 is 6.09 Å². The summed E-state index contributed by atoms with van der Waals surface area (Å²) in [6.07, 6.45) is 3.31. The number of rotatable bonds is 4. The molecule has 8 heteroatoms. The lowest BCUT2D eigenvalue weighted by Crippen LogP contribution is -2.45. The Labute approximate surface area is 204 Å². The van der Waals surface area contributed by atoms with Crippen LogP contribution in [-0.4, -0.2) is 43.2 Å².